The van der Waals surface area contributed by atoms with E-state index in [2.05, 4.69) is 11.9 Å². The molecule has 0 bridgehead atoms. The molecule has 2 aromatic carbocycles. The van der Waals surface area contributed by atoms with Crippen molar-refractivity contribution in [1.82, 2.24) is 4.98 Å². The third kappa shape index (κ3) is 3.18. The summed E-state index contributed by atoms with van der Waals surface area (Å²) in [5.74, 6) is 0.614. The van der Waals surface area contributed by atoms with Crippen LogP contribution in [-0.2, 0) is 17.6 Å². The molecule has 3 aromatic rings. The van der Waals surface area contributed by atoms with Crippen LogP contribution in [0.25, 0.3) is 22.2 Å². The van der Waals surface area contributed by atoms with E-state index in [0.29, 0.717) is 22.9 Å². The Hall–Kier alpha value is -3.15. The standard InChI is InChI=1S/C21H23NO5/c1-5-12-7-6-8-13-15(11-17(23)24)19(22-18(12)13)14-9-10-16(25-2)21(27-4)20(14)26-3/h6-10,22H,5,11H2,1-4H3,(H,23,24). The highest BCUT2D eigenvalue weighted by Crippen LogP contribution is 2.46. The number of para-hydroxylation sites is 1. The normalized spacial score (nSPS) is 10.8. The highest BCUT2D eigenvalue weighted by atomic mass is 16.5. The van der Waals surface area contributed by atoms with E-state index >= 15 is 0 Å². The zero-order chi connectivity index (χ0) is 19.6. The number of aryl methyl sites for hydroxylation is 1. The number of aromatic nitrogens is 1. The van der Waals surface area contributed by atoms with Crippen LogP contribution in [0.3, 0.4) is 0 Å². The summed E-state index contributed by atoms with van der Waals surface area (Å²) in [5, 5.41) is 10.4. The van der Waals surface area contributed by atoms with E-state index in [0.717, 1.165) is 34.0 Å². The van der Waals surface area contributed by atoms with Gasteiger partial charge in [0, 0.05) is 16.5 Å². The fourth-order valence-corrected chi connectivity index (χ4v) is 3.49. The van der Waals surface area contributed by atoms with Crippen LogP contribution >= 0.6 is 0 Å². The van der Waals surface area contributed by atoms with Gasteiger partial charge in [-0.1, -0.05) is 25.1 Å². The predicted octanol–water partition coefficient (Wildman–Crippen LogP) is 4.05. The van der Waals surface area contributed by atoms with E-state index in [1.54, 1.807) is 27.4 Å². The maximum Gasteiger partial charge on any atom is 0.307 e. The van der Waals surface area contributed by atoms with Gasteiger partial charge >= 0.3 is 5.97 Å². The molecule has 0 aliphatic heterocycles. The van der Waals surface area contributed by atoms with E-state index in [-0.39, 0.29) is 6.42 Å². The fraction of sp³-hybridized carbons (Fsp3) is 0.286. The molecule has 142 valence electrons. The second-order valence-corrected chi connectivity index (χ2v) is 6.12. The third-order valence-corrected chi connectivity index (χ3v) is 4.71. The Morgan fingerprint density at radius 3 is 2.37 bits per heavy atom. The number of hydrogen-bond donors (Lipinski definition) is 2. The van der Waals surface area contributed by atoms with Gasteiger partial charge in [0.25, 0.3) is 0 Å². The number of rotatable bonds is 7. The number of fused-ring (bicyclic) bond motifs is 1. The second-order valence-electron chi connectivity index (χ2n) is 6.12. The van der Waals surface area contributed by atoms with Gasteiger partial charge in [0.1, 0.15) is 0 Å². The Bertz CT molecular complexity index is 990. The van der Waals surface area contributed by atoms with Crippen molar-refractivity contribution in [2.75, 3.05) is 21.3 Å². The molecule has 3 rings (SSSR count). The summed E-state index contributed by atoms with van der Waals surface area (Å²) >= 11 is 0. The molecule has 1 aromatic heterocycles. The first-order valence-corrected chi connectivity index (χ1v) is 8.69. The number of carboxylic acids is 1. The quantitative estimate of drug-likeness (QED) is 0.657. The molecule has 2 N–H and O–H groups in total. The zero-order valence-electron chi connectivity index (χ0n) is 15.9. The molecule has 6 heteroatoms. The first kappa shape index (κ1) is 18.6. The number of benzene rings is 2. The minimum absolute atomic E-state index is 0.0972. The summed E-state index contributed by atoms with van der Waals surface area (Å²) < 4.78 is 16.4. The molecule has 1 heterocycles. The maximum atomic E-state index is 11.5. The van der Waals surface area contributed by atoms with E-state index in [1.165, 1.54) is 0 Å². The minimum Gasteiger partial charge on any atom is -0.493 e. The second kappa shape index (κ2) is 7.61. The van der Waals surface area contributed by atoms with Crippen molar-refractivity contribution in [1.29, 1.82) is 0 Å². The molecular formula is C21H23NO5. The van der Waals surface area contributed by atoms with Crippen molar-refractivity contribution in [2.45, 2.75) is 19.8 Å². The van der Waals surface area contributed by atoms with Crippen LogP contribution in [0.4, 0.5) is 0 Å². The Morgan fingerprint density at radius 1 is 1.04 bits per heavy atom. The van der Waals surface area contributed by atoms with Gasteiger partial charge in [0.05, 0.1) is 33.4 Å². The van der Waals surface area contributed by atoms with Gasteiger partial charge in [-0.15, -0.1) is 0 Å². The number of hydrogen-bond acceptors (Lipinski definition) is 4. The highest BCUT2D eigenvalue weighted by Gasteiger charge is 2.23. The van der Waals surface area contributed by atoms with Crippen molar-refractivity contribution >= 4 is 16.9 Å². The van der Waals surface area contributed by atoms with Gasteiger partial charge in [0.2, 0.25) is 5.75 Å². The first-order chi connectivity index (χ1) is 13.0. The monoisotopic (exact) mass is 369 g/mol. The van der Waals surface area contributed by atoms with Crippen molar-refractivity contribution in [3.05, 3.63) is 41.5 Å². The number of ether oxygens (including phenoxy) is 3. The summed E-state index contributed by atoms with van der Waals surface area (Å²) in [6.45, 7) is 2.07. The van der Waals surface area contributed by atoms with Gasteiger partial charge in [-0.05, 0) is 29.7 Å². The summed E-state index contributed by atoms with van der Waals surface area (Å²) in [6, 6.07) is 9.57. The number of carboxylic acid groups (broad SMARTS) is 1. The largest absolute Gasteiger partial charge is 0.493 e. The van der Waals surface area contributed by atoms with Crippen LogP contribution in [0.5, 0.6) is 17.2 Å². The van der Waals surface area contributed by atoms with Gasteiger partial charge in [-0.25, -0.2) is 0 Å². The maximum absolute atomic E-state index is 11.5. The van der Waals surface area contributed by atoms with Crippen LogP contribution in [-0.4, -0.2) is 37.4 Å². The molecule has 6 nitrogen and oxygen atoms in total. The lowest BCUT2D eigenvalue weighted by atomic mass is 10.00. The zero-order valence-corrected chi connectivity index (χ0v) is 15.9. The predicted molar refractivity (Wildman–Crippen MR) is 104 cm³/mol. The highest BCUT2D eigenvalue weighted by molar-refractivity contribution is 5.96. The SMILES string of the molecule is CCc1cccc2c(CC(=O)O)c(-c3ccc(OC)c(OC)c3OC)[nH]c12. The molecule has 0 aliphatic carbocycles. The summed E-state index contributed by atoms with van der Waals surface area (Å²) in [6.07, 6.45) is 0.743. The van der Waals surface area contributed by atoms with E-state index in [4.69, 9.17) is 14.2 Å². The van der Waals surface area contributed by atoms with E-state index in [1.807, 2.05) is 24.3 Å². The van der Waals surface area contributed by atoms with Crippen LogP contribution in [0.1, 0.15) is 18.1 Å². The molecule has 0 saturated heterocycles. The van der Waals surface area contributed by atoms with Crippen LogP contribution < -0.4 is 14.2 Å². The lowest BCUT2D eigenvalue weighted by molar-refractivity contribution is -0.136. The molecule has 0 aliphatic rings. The van der Waals surface area contributed by atoms with Gasteiger partial charge in [-0.3, -0.25) is 4.79 Å². The summed E-state index contributed by atoms with van der Waals surface area (Å²) in [7, 11) is 4.66. The van der Waals surface area contributed by atoms with Crippen molar-refractivity contribution in [2.24, 2.45) is 0 Å². The van der Waals surface area contributed by atoms with Crippen molar-refractivity contribution in [3.8, 4) is 28.5 Å². The molecule has 27 heavy (non-hydrogen) atoms. The Balaban J connectivity index is 2.35. The first-order valence-electron chi connectivity index (χ1n) is 8.69. The van der Waals surface area contributed by atoms with E-state index in [9.17, 15) is 9.90 Å². The Kier molecular flexibility index (Phi) is 5.26. The molecule has 0 fully saturated rings. The Morgan fingerprint density at radius 2 is 1.78 bits per heavy atom. The van der Waals surface area contributed by atoms with E-state index < -0.39 is 5.97 Å². The lowest BCUT2D eigenvalue weighted by Crippen LogP contribution is -2.02. The molecule has 0 unspecified atom stereocenters. The van der Waals surface area contributed by atoms with Gasteiger partial charge in [0.15, 0.2) is 11.5 Å². The molecule has 0 amide bonds. The number of nitrogens with one attached hydrogen (secondary N) is 1. The molecular weight excluding hydrogens is 346 g/mol. The number of H-pyrrole nitrogens is 1. The summed E-state index contributed by atoms with van der Waals surface area (Å²) in [4.78, 5) is 15.0. The molecule has 0 spiro atoms. The average molecular weight is 369 g/mol. The minimum atomic E-state index is -0.890. The number of methoxy groups -OCH3 is 3. The summed E-state index contributed by atoms with van der Waals surface area (Å²) in [5.41, 5.74) is 4.24. The third-order valence-electron chi connectivity index (χ3n) is 4.71. The number of aromatic amines is 1. The topological polar surface area (TPSA) is 80.8 Å². The average Bonchev–Trinajstić information content (AvgIpc) is 3.04. The van der Waals surface area contributed by atoms with Crippen LogP contribution in [0.2, 0.25) is 0 Å². The lowest BCUT2D eigenvalue weighted by Gasteiger charge is -2.16. The molecule has 0 saturated carbocycles. The van der Waals surface area contributed by atoms with Crippen LogP contribution in [0.15, 0.2) is 30.3 Å². The Labute approximate surface area is 157 Å². The van der Waals surface area contributed by atoms with Crippen molar-refractivity contribution in [3.63, 3.8) is 0 Å². The smallest absolute Gasteiger partial charge is 0.307 e. The van der Waals surface area contributed by atoms with Gasteiger partial charge in [-0.2, -0.15) is 0 Å². The number of carbonyl (C=O) groups is 1. The van der Waals surface area contributed by atoms with Crippen LogP contribution in [0, 0.1) is 0 Å². The molecule has 0 atom stereocenters. The molecule has 0 radical (unpaired) electrons. The number of aliphatic carboxylic acids is 1. The van der Waals surface area contributed by atoms with Gasteiger partial charge < -0.3 is 24.3 Å². The fourth-order valence-electron chi connectivity index (χ4n) is 3.49. The van der Waals surface area contributed by atoms with Crippen molar-refractivity contribution < 1.29 is 24.1 Å².